The molecule has 5 heteroatoms. The zero-order chi connectivity index (χ0) is 19.4. The molecule has 6 atom stereocenters. The van der Waals surface area contributed by atoms with E-state index in [1.807, 2.05) is 18.2 Å². The first-order valence-electron chi connectivity index (χ1n) is 10.8. The Balaban J connectivity index is 1.48. The van der Waals surface area contributed by atoms with Crippen LogP contribution >= 0.6 is 0 Å². The van der Waals surface area contributed by atoms with Crippen molar-refractivity contribution in [2.45, 2.75) is 62.6 Å². The minimum atomic E-state index is -1.05. The fourth-order valence-electron chi connectivity index (χ4n) is 7.46. The SMILES string of the molecule is O=C(N[C@@H]1CCNC[C@@H]1F)C12CC3C[C@@](CF)(C1)C[C@](c1ccccc1)(C3)C2. The molecule has 1 aliphatic heterocycles. The second-order valence-electron chi connectivity index (χ2n) is 10.2. The van der Waals surface area contributed by atoms with E-state index in [0.717, 1.165) is 38.6 Å². The first kappa shape index (κ1) is 18.5. The van der Waals surface area contributed by atoms with Crippen LogP contribution in [0.15, 0.2) is 30.3 Å². The average Bonchev–Trinajstić information content (AvgIpc) is 2.69. The molecular formula is C23H30F2N2O. The number of hydrogen-bond acceptors (Lipinski definition) is 2. The van der Waals surface area contributed by atoms with Gasteiger partial charge in [0.25, 0.3) is 0 Å². The minimum absolute atomic E-state index is 0.0238. The first-order chi connectivity index (χ1) is 13.5. The standard InChI is InChI=1S/C23H30F2N2O/c24-15-21-8-16-9-22(12-21,17-4-2-1-3-5-17)14-23(10-16,13-21)20(28)27-19-6-7-26-11-18(19)25/h1-5,16,18-19,26H,6-15H2,(H,27,28)/t16?,18-,19+,21-,22+,23?/m0/s1. The van der Waals surface area contributed by atoms with Crippen LogP contribution in [0.3, 0.4) is 0 Å². The van der Waals surface area contributed by atoms with Crippen molar-refractivity contribution in [3.63, 3.8) is 0 Å². The van der Waals surface area contributed by atoms with Gasteiger partial charge in [0, 0.05) is 12.0 Å². The molecule has 28 heavy (non-hydrogen) atoms. The smallest absolute Gasteiger partial charge is 0.226 e. The number of hydrogen-bond donors (Lipinski definition) is 2. The highest BCUT2D eigenvalue weighted by atomic mass is 19.1. The lowest BCUT2D eigenvalue weighted by Gasteiger charge is -2.65. The zero-order valence-corrected chi connectivity index (χ0v) is 16.4. The molecule has 2 unspecified atom stereocenters. The van der Waals surface area contributed by atoms with Crippen LogP contribution < -0.4 is 10.6 Å². The van der Waals surface area contributed by atoms with Gasteiger partial charge in [0.1, 0.15) is 6.17 Å². The Labute approximate surface area is 165 Å². The average molecular weight is 389 g/mol. The van der Waals surface area contributed by atoms with Crippen molar-refractivity contribution < 1.29 is 13.6 Å². The Kier molecular flexibility index (Phi) is 4.31. The summed E-state index contributed by atoms with van der Waals surface area (Å²) in [7, 11) is 0. The maximum Gasteiger partial charge on any atom is 0.226 e. The van der Waals surface area contributed by atoms with Gasteiger partial charge in [-0.25, -0.2) is 4.39 Å². The minimum Gasteiger partial charge on any atom is -0.350 e. The molecule has 0 radical (unpaired) electrons. The van der Waals surface area contributed by atoms with Crippen molar-refractivity contribution in [3.8, 4) is 0 Å². The van der Waals surface area contributed by atoms with Crippen LogP contribution in [0.1, 0.15) is 50.5 Å². The van der Waals surface area contributed by atoms with Gasteiger partial charge >= 0.3 is 0 Å². The molecule has 6 rings (SSSR count). The van der Waals surface area contributed by atoms with Gasteiger partial charge < -0.3 is 10.6 Å². The Bertz CT molecular complexity index is 758. The number of alkyl halides is 2. The lowest BCUT2D eigenvalue weighted by Crippen LogP contribution is -2.64. The third-order valence-corrected chi connectivity index (χ3v) is 8.06. The maximum atomic E-state index is 14.4. The lowest BCUT2D eigenvalue weighted by molar-refractivity contribution is -0.166. The predicted molar refractivity (Wildman–Crippen MR) is 104 cm³/mol. The van der Waals surface area contributed by atoms with Gasteiger partial charge in [-0.15, -0.1) is 0 Å². The van der Waals surface area contributed by atoms with E-state index in [9.17, 15) is 13.6 Å². The molecule has 1 amide bonds. The van der Waals surface area contributed by atoms with Crippen molar-refractivity contribution in [1.29, 1.82) is 0 Å². The van der Waals surface area contributed by atoms with Gasteiger partial charge in [-0.1, -0.05) is 30.3 Å². The van der Waals surface area contributed by atoms with Gasteiger partial charge in [-0.05, 0) is 68.4 Å². The van der Waals surface area contributed by atoms with Crippen molar-refractivity contribution in [2.24, 2.45) is 16.7 Å². The molecule has 4 bridgehead atoms. The number of piperidine rings is 1. The van der Waals surface area contributed by atoms with E-state index in [4.69, 9.17) is 0 Å². The van der Waals surface area contributed by atoms with Crippen molar-refractivity contribution >= 4 is 5.91 Å². The summed E-state index contributed by atoms with van der Waals surface area (Å²) in [4.78, 5) is 13.5. The summed E-state index contributed by atoms with van der Waals surface area (Å²) in [5, 5.41) is 6.10. The van der Waals surface area contributed by atoms with E-state index in [-0.39, 0.29) is 18.0 Å². The number of halogens is 2. The summed E-state index contributed by atoms with van der Waals surface area (Å²) < 4.78 is 28.7. The molecule has 4 aliphatic carbocycles. The number of amides is 1. The molecule has 2 N–H and O–H groups in total. The number of rotatable bonds is 4. The number of carbonyl (C=O) groups excluding carboxylic acids is 1. The Hall–Kier alpha value is -1.49. The fourth-order valence-corrected chi connectivity index (χ4v) is 7.46. The lowest BCUT2D eigenvalue weighted by atomic mass is 9.38. The molecule has 3 nitrogen and oxygen atoms in total. The third kappa shape index (κ3) is 2.80. The van der Waals surface area contributed by atoms with Gasteiger partial charge in [0.2, 0.25) is 5.91 Å². The number of benzene rings is 1. The summed E-state index contributed by atoms with van der Waals surface area (Å²) in [5.74, 6) is 0.358. The molecule has 1 aromatic carbocycles. The Morgan fingerprint density at radius 1 is 1.14 bits per heavy atom. The van der Waals surface area contributed by atoms with Crippen molar-refractivity contribution in [1.82, 2.24) is 10.6 Å². The highest BCUT2D eigenvalue weighted by Crippen LogP contribution is 2.70. The van der Waals surface area contributed by atoms with Gasteiger partial charge in [0.05, 0.1) is 18.1 Å². The Morgan fingerprint density at radius 2 is 1.96 bits per heavy atom. The largest absolute Gasteiger partial charge is 0.350 e. The van der Waals surface area contributed by atoms with E-state index >= 15 is 0 Å². The van der Waals surface area contributed by atoms with Crippen LogP contribution in [0.2, 0.25) is 0 Å². The van der Waals surface area contributed by atoms with E-state index in [0.29, 0.717) is 25.3 Å². The van der Waals surface area contributed by atoms with E-state index in [1.165, 1.54) is 5.56 Å². The topological polar surface area (TPSA) is 41.1 Å². The molecule has 5 fully saturated rings. The zero-order valence-electron chi connectivity index (χ0n) is 16.4. The van der Waals surface area contributed by atoms with Crippen LogP contribution in [-0.2, 0) is 10.2 Å². The number of nitrogens with one attached hydrogen (secondary N) is 2. The summed E-state index contributed by atoms with van der Waals surface area (Å²) >= 11 is 0. The molecule has 0 spiro atoms. The van der Waals surface area contributed by atoms with Crippen LogP contribution in [0, 0.1) is 16.7 Å². The summed E-state index contributed by atoms with van der Waals surface area (Å²) in [6, 6.07) is 9.98. The maximum absolute atomic E-state index is 14.4. The van der Waals surface area contributed by atoms with E-state index < -0.39 is 23.0 Å². The van der Waals surface area contributed by atoms with Crippen LogP contribution in [0.25, 0.3) is 0 Å². The molecule has 1 saturated heterocycles. The second-order valence-corrected chi connectivity index (χ2v) is 10.2. The quantitative estimate of drug-likeness (QED) is 0.826. The third-order valence-electron chi connectivity index (χ3n) is 8.06. The van der Waals surface area contributed by atoms with Crippen molar-refractivity contribution in [2.75, 3.05) is 19.8 Å². The van der Waals surface area contributed by atoms with Gasteiger partial charge in [-0.2, -0.15) is 0 Å². The van der Waals surface area contributed by atoms with Crippen molar-refractivity contribution in [3.05, 3.63) is 35.9 Å². The molecule has 4 saturated carbocycles. The number of carbonyl (C=O) groups is 1. The molecule has 1 heterocycles. The van der Waals surface area contributed by atoms with Gasteiger partial charge in [0.15, 0.2) is 0 Å². The molecule has 5 aliphatic rings. The van der Waals surface area contributed by atoms with Gasteiger partial charge in [-0.3, -0.25) is 9.18 Å². The fraction of sp³-hybridized carbons (Fsp3) is 0.696. The summed E-state index contributed by atoms with van der Waals surface area (Å²) in [6.07, 6.45) is 4.57. The van der Waals surface area contributed by atoms with E-state index in [1.54, 1.807) is 0 Å². The molecular weight excluding hydrogens is 358 g/mol. The van der Waals surface area contributed by atoms with Crippen LogP contribution in [0.4, 0.5) is 8.78 Å². The first-order valence-corrected chi connectivity index (χ1v) is 10.8. The molecule has 1 aromatic rings. The molecule has 0 aromatic heterocycles. The van der Waals surface area contributed by atoms with E-state index in [2.05, 4.69) is 22.8 Å². The Morgan fingerprint density at radius 3 is 2.71 bits per heavy atom. The van der Waals surface area contributed by atoms with Crippen LogP contribution in [-0.4, -0.2) is 37.9 Å². The highest BCUT2D eigenvalue weighted by molar-refractivity contribution is 5.84. The monoisotopic (exact) mass is 388 g/mol. The second kappa shape index (κ2) is 6.51. The summed E-state index contributed by atoms with van der Waals surface area (Å²) in [5.41, 5.74) is 0.189. The normalized spacial score (nSPS) is 44.4. The predicted octanol–water partition coefficient (Wildman–Crippen LogP) is 3.68. The van der Waals surface area contributed by atoms with Crippen LogP contribution in [0.5, 0.6) is 0 Å². The summed E-state index contributed by atoms with van der Waals surface area (Å²) in [6.45, 7) is 0.665. The molecule has 152 valence electrons. The highest BCUT2D eigenvalue weighted by Gasteiger charge is 2.66.